The normalized spacial score (nSPS) is 17.9. The molecule has 0 aromatic rings. The second-order valence-electron chi connectivity index (χ2n) is 4.22. The summed E-state index contributed by atoms with van der Waals surface area (Å²) in [5.74, 6) is -0.224. The first-order chi connectivity index (χ1) is 7.66. The molecular weight excluding hydrogens is 210 g/mol. The first-order valence-corrected chi connectivity index (χ1v) is 5.67. The molecule has 0 heterocycles. The van der Waals surface area contributed by atoms with Crippen LogP contribution in [0.15, 0.2) is 0 Å². The molecule has 0 aliphatic heterocycles. The number of hydrogen-bond donors (Lipinski definition) is 1. The van der Waals surface area contributed by atoms with Gasteiger partial charge in [0, 0.05) is 12.6 Å². The van der Waals surface area contributed by atoms with Crippen LogP contribution in [0.2, 0.25) is 0 Å². The van der Waals surface area contributed by atoms with E-state index in [9.17, 15) is 4.79 Å². The molecule has 0 amide bonds. The van der Waals surface area contributed by atoms with Crippen LogP contribution in [0, 0.1) is 0 Å². The summed E-state index contributed by atoms with van der Waals surface area (Å²) in [6.07, 6.45) is 3.29. The largest absolute Gasteiger partial charge is 0.463 e. The molecule has 0 saturated heterocycles. The van der Waals surface area contributed by atoms with Crippen LogP contribution in [0.5, 0.6) is 0 Å². The van der Waals surface area contributed by atoms with E-state index in [1.54, 1.807) is 7.11 Å². The minimum absolute atomic E-state index is 0.224. The Kier molecular flexibility index (Phi) is 5.73. The highest BCUT2D eigenvalue weighted by atomic mass is 16.6. The average molecular weight is 231 g/mol. The van der Waals surface area contributed by atoms with Crippen molar-refractivity contribution in [2.75, 3.05) is 33.5 Å². The third-order valence-electron chi connectivity index (χ3n) is 2.77. The van der Waals surface area contributed by atoms with E-state index in [0.717, 1.165) is 19.3 Å². The standard InChI is InChI=1S/C11H21NO4/c1-14-5-6-15-7-8-16-10(13)9-11(12)3-2-4-11/h2-9,12H2,1H3. The van der Waals surface area contributed by atoms with E-state index in [1.807, 2.05) is 0 Å². The lowest BCUT2D eigenvalue weighted by Gasteiger charge is -2.37. The maximum atomic E-state index is 11.4. The highest BCUT2D eigenvalue weighted by molar-refractivity contribution is 5.71. The van der Waals surface area contributed by atoms with Crippen LogP contribution in [0.25, 0.3) is 0 Å². The molecule has 5 heteroatoms. The van der Waals surface area contributed by atoms with Gasteiger partial charge in [-0.15, -0.1) is 0 Å². The maximum absolute atomic E-state index is 11.4. The number of ether oxygens (including phenoxy) is 3. The van der Waals surface area contributed by atoms with E-state index < -0.39 is 0 Å². The van der Waals surface area contributed by atoms with Gasteiger partial charge in [0.1, 0.15) is 6.61 Å². The third-order valence-corrected chi connectivity index (χ3v) is 2.77. The van der Waals surface area contributed by atoms with Gasteiger partial charge in [-0.1, -0.05) is 0 Å². The Hall–Kier alpha value is -0.650. The highest BCUT2D eigenvalue weighted by Gasteiger charge is 2.35. The summed E-state index contributed by atoms with van der Waals surface area (Å²) in [4.78, 5) is 11.4. The molecule has 1 saturated carbocycles. The Balaban J connectivity index is 1.94. The van der Waals surface area contributed by atoms with Gasteiger partial charge in [-0.2, -0.15) is 0 Å². The fourth-order valence-corrected chi connectivity index (χ4v) is 1.60. The van der Waals surface area contributed by atoms with Gasteiger partial charge in [0.15, 0.2) is 0 Å². The number of esters is 1. The lowest BCUT2D eigenvalue weighted by molar-refractivity contribution is -0.147. The molecule has 0 bridgehead atoms. The van der Waals surface area contributed by atoms with Crippen LogP contribution >= 0.6 is 0 Å². The van der Waals surface area contributed by atoms with Gasteiger partial charge in [0.25, 0.3) is 0 Å². The molecular formula is C11H21NO4. The molecule has 1 rings (SSSR count). The van der Waals surface area contributed by atoms with Crippen LogP contribution in [0.3, 0.4) is 0 Å². The summed E-state index contributed by atoms with van der Waals surface area (Å²) >= 11 is 0. The summed E-state index contributed by atoms with van der Waals surface area (Å²) < 4.78 is 15.0. The van der Waals surface area contributed by atoms with Crippen molar-refractivity contribution >= 4 is 5.97 Å². The monoisotopic (exact) mass is 231 g/mol. The topological polar surface area (TPSA) is 70.8 Å². The smallest absolute Gasteiger partial charge is 0.307 e. The second-order valence-corrected chi connectivity index (χ2v) is 4.22. The molecule has 0 unspecified atom stereocenters. The van der Waals surface area contributed by atoms with Crippen LogP contribution in [-0.4, -0.2) is 45.0 Å². The van der Waals surface area contributed by atoms with Crippen molar-refractivity contribution in [1.82, 2.24) is 0 Å². The van der Waals surface area contributed by atoms with Crippen molar-refractivity contribution in [3.05, 3.63) is 0 Å². The molecule has 5 nitrogen and oxygen atoms in total. The molecule has 1 aliphatic carbocycles. The minimum atomic E-state index is -0.298. The second kappa shape index (κ2) is 6.83. The van der Waals surface area contributed by atoms with Crippen LogP contribution < -0.4 is 5.73 Å². The Morgan fingerprint density at radius 2 is 1.94 bits per heavy atom. The van der Waals surface area contributed by atoms with E-state index in [1.165, 1.54) is 0 Å². The first kappa shape index (κ1) is 13.4. The van der Waals surface area contributed by atoms with Crippen molar-refractivity contribution in [3.8, 4) is 0 Å². The van der Waals surface area contributed by atoms with E-state index >= 15 is 0 Å². The Labute approximate surface area is 96.2 Å². The lowest BCUT2D eigenvalue weighted by Crippen LogP contribution is -2.48. The fraction of sp³-hybridized carbons (Fsp3) is 0.909. The predicted octanol–water partition coefficient (Wildman–Crippen LogP) is 0.464. The molecule has 1 aliphatic rings. The van der Waals surface area contributed by atoms with Gasteiger partial charge in [-0.25, -0.2) is 0 Å². The van der Waals surface area contributed by atoms with Gasteiger partial charge in [0.05, 0.1) is 26.2 Å². The van der Waals surface area contributed by atoms with Gasteiger partial charge in [0.2, 0.25) is 0 Å². The van der Waals surface area contributed by atoms with Crippen molar-refractivity contribution in [2.45, 2.75) is 31.2 Å². The number of methoxy groups -OCH3 is 1. The zero-order chi connectivity index (χ0) is 11.9. The van der Waals surface area contributed by atoms with Gasteiger partial charge >= 0.3 is 5.97 Å². The number of hydrogen-bond acceptors (Lipinski definition) is 5. The molecule has 16 heavy (non-hydrogen) atoms. The van der Waals surface area contributed by atoms with Crippen molar-refractivity contribution in [1.29, 1.82) is 0 Å². The first-order valence-electron chi connectivity index (χ1n) is 5.67. The highest BCUT2D eigenvalue weighted by Crippen LogP contribution is 2.32. The van der Waals surface area contributed by atoms with Crippen molar-refractivity contribution < 1.29 is 19.0 Å². The minimum Gasteiger partial charge on any atom is -0.463 e. The summed E-state index contributed by atoms with van der Waals surface area (Å²) in [6, 6.07) is 0. The summed E-state index contributed by atoms with van der Waals surface area (Å²) in [6.45, 7) is 1.78. The number of rotatable bonds is 8. The van der Waals surface area contributed by atoms with Crippen molar-refractivity contribution in [2.24, 2.45) is 5.73 Å². The lowest BCUT2D eigenvalue weighted by atomic mass is 9.75. The maximum Gasteiger partial charge on any atom is 0.307 e. The Bertz CT molecular complexity index is 216. The number of carbonyl (C=O) groups excluding carboxylic acids is 1. The van der Waals surface area contributed by atoms with Crippen LogP contribution in [0.1, 0.15) is 25.7 Å². The molecule has 0 aromatic carbocycles. The molecule has 94 valence electrons. The number of carbonyl (C=O) groups is 1. The van der Waals surface area contributed by atoms with Crippen LogP contribution in [0.4, 0.5) is 0 Å². The average Bonchev–Trinajstić information content (AvgIpc) is 2.21. The molecule has 0 radical (unpaired) electrons. The van der Waals surface area contributed by atoms with Gasteiger partial charge in [-0.3, -0.25) is 4.79 Å². The van der Waals surface area contributed by atoms with Crippen molar-refractivity contribution in [3.63, 3.8) is 0 Å². The van der Waals surface area contributed by atoms with E-state index in [2.05, 4.69) is 0 Å². The van der Waals surface area contributed by atoms with E-state index in [0.29, 0.717) is 32.8 Å². The summed E-state index contributed by atoms with van der Waals surface area (Å²) in [5.41, 5.74) is 5.63. The zero-order valence-electron chi connectivity index (χ0n) is 9.87. The Morgan fingerprint density at radius 1 is 1.25 bits per heavy atom. The van der Waals surface area contributed by atoms with Gasteiger partial charge < -0.3 is 19.9 Å². The quantitative estimate of drug-likeness (QED) is 0.485. The third kappa shape index (κ3) is 4.92. The molecule has 0 atom stereocenters. The van der Waals surface area contributed by atoms with E-state index in [4.69, 9.17) is 19.9 Å². The summed E-state index contributed by atoms with van der Waals surface area (Å²) in [7, 11) is 1.61. The molecule has 2 N–H and O–H groups in total. The Morgan fingerprint density at radius 3 is 2.50 bits per heavy atom. The van der Waals surface area contributed by atoms with E-state index in [-0.39, 0.29) is 11.5 Å². The molecule has 1 fully saturated rings. The van der Waals surface area contributed by atoms with Crippen LogP contribution in [-0.2, 0) is 19.0 Å². The van der Waals surface area contributed by atoms with Gasteiger partial charge in [-0.05, 0) is 19.3 Å². The summed E-state index contributed by atoms with van der Waals surface area (Å²) in [5, 5.41) is 0. The predicted molar refractivity (Wildman–Crippen MR) is 59.0 cm³/mol. The fourth-order valence-electron chi connectivity index (χ4n) is 1.60. The number of nitrogens with two attached hydrogens (primary N) is 1. The molecule has 0 spiro atoms. The SMILES string of the molecule is COCCOCCOC(=O)CC1(N)CCC1. The zero-order valence-corrected chi connectivity index (χ0v) is 9.87. The molecule has 0 aromatic heterocycles.